The quantitative estimate of drug-likeness (QED) is 0.219. The summed E-state index contributed by atoms with van der Waals surface area (Å²) in [6.45, 7) is 2.49. The highest BCUT2D eigenvalue weighted by Gasteiger charge is 2.50. The third-order valence-electron chi connectivity index (χ3n) is 7.78. The molecule has 1 heterocycles. The lowest BCUT2D eigenvalue weighted by atomic mass is 9.96. The van der Waals surface area contributed by atoms with Gasteiger partial charge >= 0.3 is 5.97 Å². The van der Waals surface area contributed by atoms with Crippen molar-refractivity contribution in [1.82, 2.24) is 0 Å². The zero-order chi connectivity index (χ0) is 29.0. The Morgan fingerprint density at radius 1 is 0.667 bits per heavy atom. The summed E-state index contributed by atoms with van der Waals surface area (Å²) >= 11 is 0. The minimum atomic E-state index is -0.713. The van der Waals surface area contributed by atoms with E-state index in [4.69, 9.17) is 28.4 Å². The van der Waals surface area contributed by atoms with E-state index in [9.17, 15) is 4.79 Å². The van der Waals surface area contributed by atoms with Crippen molar-refractivity contribution in [1.29, 1.82) is 0 Å². The predicted molar refractivity (Wildman–Crippen MR) is 158 cm³/mol. The van der Waals surface area contributed by atoms with Crippen LogP contribution >= 0.6 is 0 Å². The average Bonchev–Trinajstić information content (AvgIpc) is 3.03. The monoisotopic (exact) mass is 574 g/mol. The molecule has 7 heteroatoms. The summed E-state index contributed by atoms with van der Waals surface area (Å²) in [5.74, 6) is -0.380. The molecule has 3 aromatic carbocycles. The molecule has 2 fully saturated rings. The van der Waals surface area contributed by atoms with Crippen LogP contribution in [0.5, 0.6) is 0 Å². The fourth-order valence-corrected chi connectivity index (χ4v) is 5.58. The Bertz CT molecular complexity index is 1180. The molecule has 1 saturated heterocycles. The fraction of sp³-hybridized carbons (Fsp3) is 0.457. The van der Waals surface area contributed by atoms with E-state index in [1.165, 1.54) is 13.3 Å². The molecule has 7 nitrogen and oxygen atoms in total. The van der Waals surface area contributed by atoms with Crippen LogP contribution in [-0.2, 0) is 53.0 Å². The zero-order valence-corrected chi connectivity index (χ0v) is 24.3. The van der Waals surface area contributed by atoms with E-state index >= 15 is 0 Å². The van der Waals surface area contributed by atoms with Crippen LogP contribution in [0.25, 0.3) is 0 Å². The van der Waals surface area contributed by atoms with E-state index in [1.807, 2.05) is 91.0 Å². The lowest BCUT2D eigenvalue weighted by Gasteiger charge is -2.46. The molecule has 0 spiro atoms. The van der Waals surface area contributed by atoms with E-state index in [0.29, 0.717) is 19.8 Å². The molecule has 0 N–H and O–H groups in total. The minimum Gasteiger partial charge on any atom is -0.463 e. The summed E-state index contributed by atoms with van der Waals surface area (Å²) in [5, 5.41) is 0. The number of hydrogen-bond donors (Lipinski definition) is 0. The van der Waals surface area contributed by atoms with Gasteiger partial charge in [-0.1, -0.05) is 110 Å². The van der Waals surface area contributed by atoms with Gasteiger partial charge in [-0.3, -0.25) is 4.79 Å². The Balaban J connectivity index is 1.44. The van der Waals surface area contributed by atoms with Crippen LogP contribution in [0.3, 0.4) is 0 Å². The molecule has 3 aromatic rings. The van der Waals surface area contributed by atoms with Crippen LogP contribution in [0.15, 0.2) is 91.0 Å². The lowest BCUT2D eigenvalue weighted by molar-refractivity contribution is -0.336. The lowest BCUT2D eigenvalue weighted by Crippen LogP contribution is -2.62. The Labute approximate surface area is 249 Å². The van der Waals surface area contributed by atoms with Gasteiger partial charge in [0.25, 0.3) is 0 Å². The Morgan fingerprint density at radius 3 is 1.64 bits per heavy atom. The average molecular weight is 575 g/mol. The number of ether oxygens (including phenoxy) is 6. The minimum absolute atomic E-state index is 0.0237. The van der Waals surface area contributed by atoms with Crippen molar-refractivity contribution in [3.05, 3.63) is 108 Å². The maximum Gasteiger partial charge on any atom is 0.302 e. The van der Waals surface area contributed by atoms with Crippen LogP contribution in [0.4, 0.5) is 0 Å². The van der Waals surface area contributed by atoms with Gasteiger partial charge in [0.05, 0.1) is 25.9 Å². The van der Waals surface area contributed by atoms with Crippen LogP contribution in [0, 0.1) is 0 Å². The highest BCUT2D eigenvalue weighted by atomic mass is 16.7. The van der Waals surface area contributed by atoms with Gasteiger partial charge in [-0.2, -0.15) is 0 Å². The van der Waals surface area contributed by atoms with Crippen molar-refractivity contribution >= 4 is 5.97 Å². The summed E-state index contributed by atoms with van der Waals surface area (Å²) in [4.78, 5) is 11.9. The van der Waals surface area contributed by atoms with Crippen molar-refractivity contribution in [2.24, 2.45) is 0 Å². The molecule has 0 aromatic heterocycles. The summed E-state index contributed by atoms with van der Waals surface area (Å²) in [6.07, 6.45) is 2.45. The van der Waals surface area contributed by atoms with E-state index in [1.54, 1.807) is 0 Å². The first-order valence-electron chi connectivity index (χ1n) is 15.1. The molecule has 0 unspecified atom stereocenters. The maximum absolute atomic E-state index is 11.9. The van der Waals surface area contributed by atoms with E-state index in [-0.39, 0.29) is 18.7 Å². The highest BCUT2D eigenvalue weighted by molar-refractivity contribution is 5.65. The first-order chi connectivity index (χ1) is 20.7. The molecule has 0 bridgehead atoms. The second-order valence-corrected chi connectivity index (χ2v) is 11.0. The second kappa shape index (κ2) is 16.0. The molecule has 0 amide bonds. The molecule has 224 valence electrons. The van der Waals surface area contributed by atoms with Crippen LogP contribution < -0.4 is 0 Å². The zero-order valence-electron chi connectivity index (χ0n) is 24.3. The number of carbonyl (C=O) groups is 1. The van der Waals surface area contributed by atoms with Crippen LogP contribution in [0.1, 0.15) is 55.7 Å². The van der Waals surface area contributed by atoms with E-state index < -0.39 is 30.7 Å². The summed E-state index contributed by atoms with van der Waals surface area (Å²) < 4.78 is 38.6. The van der Waals surface area contributed by atoms with Gasteiger partial charge in [-0.25, -0.2) is 0 Å². The molecule has 1 aliphatic carbocycles. The van der Waals surface area contributed by atoms with Crippen molar-refractivity contribution < 1.29 is 33.2 Å². The summed E-state index contributed by atoms with van der Waals surface area (Å²) in [7, 11) is 0. The Morgan fingerprint density at radius 2 is 1.14 bits per heavy atom. The number of esters is 1. The molecular weight excluding hydrogens is 532 g/mol. The molecule has 5 atom stereocenters. The molecule has 1 aliphatic heterocycles. The predicted octanol–water partition coefficient (Wildman–Crippen LogP) is 6.38. The Kier molecular flexibility index (Phi) is 11.5. The normalized spacial score (nSPS) is 24.7. The van der Waals surface area contributed by atoms with Crippen molar-refractivity contribution in [3.63, 3.8) is 0 Å². The number of carbonyl (C=O) groups excluding carboxylic acids is 1. The first-order valence-corrected chi connectivity index (χ1v) is 15.1. The third-order valence-corrected chi connectivity index (χ3v) is 7.78. The largest absolute Gasteiger partial charge is 0.463 e. The second-order valence-electron chi connectivity index (χ2n) is 11.0. The topological polar surface area (TPSA) is 72.5 Å². The molecule has 5 rings (SSSR count). The molecular formula is C35H42O7. The molecule has 1 saturated carbocycles. The van der Waals surface area contributed by atoms with Gasteiger partial charge in [-0.15, -0.1) is 0 Å². The summed E-state index contributed by atoms with van der Waals surface area (Å²) in [6, 6.07) is 30.1. The van der Waals surface area contributed by atoms with Crippen molar-refractivity contribution in [3.8, 4) is 0 Å². The van der Waals surface area contributed by atoms with Gasteiger partial charge in [-0.05, 0) is 29.5 Å². The van der Waals surface area contributed by atoms with Gasteiger partial charge in [0, 0.05) is 6.92 Å². The smallest absolute Gasteiger partial charge is 0.302 e. The van der Waals surface area contributed by atoms with Gasteiger partial charge < -0.3 is 28.4 Å². The van der Waals surface area contributed by atoms with E-state index in [0.717, 1.165) is 42.4 Å². The van der Waals surface area contributed by atoms with Gasteiger partial charge in [0.15, 0.2) is 6.29 Å². The van der Waals surface area contributed by atoms with Crippen molar-refractivity contribution in [2.75, 3.05) is 6.61 Å². The molecule has 2 aliphatic rings. The first kappa shape index (κ1) is 30.4. The number of hydrogen-bond acceptors (Lipinski definition) is 7. The maximum atomic E-state index is 11.9. The van der Waals surface area contributed by atoms with Crippen LogP contribution in [0.2, 0.25) is 0 Å². The molecule has 0 radical (unpaired) electrons. The van der Waals surface area contributed by atoms with Crippen molar-refractivity contribution in [2.45, 2.75) is 95.7 Å². The number of rotatable bonds is 13. The van der Waals surface area contributed by atoms with Gasteiger partial charge in [0.2, 0.25) is 0 Å². The SMILES string of the molecule is CC(=O)OC[C@H]1O[C@@H](OC2CCCCC2)[C@H](OCc2ccccc2)[C@@H](OCc2ccccc2)[C@@H]1OCc1ccccc1. The van der Waals surface area contributed by atoms with Gasteiger partial charge in [0.1, 0.15) is 31.0 Å². The fourth-order valence-electron chi connectivity index (χ4n) is 5.58. The van der Waals surface area contributed by atoms with E-state index in [2.05, 4.69) is 0 Å². The highest BCUT2D eigenvalue weighted by Crippen LogP contribution is 2.33. The molecule has 42 heavy (non-hydrogen) atoms. The van der Waals surface area contributed by atoms with Crippen LogP contribution in [-0.4, -0.2) is 49.4 Å². The standard InChI is InChI=1S/C35H42O7/c1-26(36)37-25-31-32(38-22-27-14-6-2-7-15-27)33(39-23-28-16-8-3-9-17-28)34(40-24-29-18-10-4-11-19-29)35(42-31)41-30-20-12-5-13-21-30/h2-4,6-11,14-19,30-35H,5,12-13,20-25H2,1H3/t31-,32-,33+,34-,35-/m1/s1. The summed E-state index contributed by atoms with van der Waals surface area (Å²) in [5.41, 5.74) is 3.10. The third kappa shape index (κ3) is 8.96. The Hall–Kier alpha value is -3.07. The number of benzene rings is 3.